The Bertz CT molecular complexity index is 581. The van der Waals surface area contributed by atoms with Crippen LogP contribution in [0.1, 0.15) is 29.8 Å². The van der Waals surface area contributed by atoms with Crippen LogP contribution in [0.4, 0.5) is 5.69 Å². The summed E-state index contributed by atoms with van der Waals surface area (Å²) < 4.78 is 0. The molecule has 0 aromatic heterocycles. The summed E-state index contributed by atoms with van der Waals surface area (Å²) in [5.41, 5.74) is 5.05. The van der Waals surface area contributed by atoms with E-state index in [-0.39, 0.29) is 21.8 Å². The van der Waals surface area contributed by atoms with E-state index in [1.165, 1.54) is 12.1 Å². The molecule has 0 aliphatic carbocycles. The monoisotopic (exact) mass is 262 g/mol. The average Bonchev–Trinajstić information content (AvgIpc) is 2.31. The minimum absolute atomic E-state index is 0.0851. The molecule has 0 aliphatic rings. The fraction of sp³-hybridized carbons (Fsp3) is 0.250. The first-order valence-corrected chi connectivity index (χ1v) is 5.41. The van der Waals surface area contributed by atoms with Crippen molar-refractivity contribution in [3.05, 3.63) is 28.3 Å². The molecule has 1 aromatic rings. The Morgan fingerprint density at radius 2 is 2.06 bits per heavy atom. The van der Waals surface area contributed by atoms with Crippen molar-refractivity contribution in [1.82, 2.24) is 5.32 Å². The van der Waals surface area contributed by atoms with Crippen molar-refractivity contribution in [1.29, 1.82) is 10.5 Å². The van der Waals surface area contributed by atoms with Gasteiger partial charge >= 0.3 is 0 Å². The predicted octanol–water partition coefficient (Wildman–Crippen LogP) is 1.83. The summed E-state index contributed by atoms with van der Waals surface area (Å²) in [7, 11) is 0. The van der Waals surface area contributed by atoms with Gasteiger partial charge in [-0.05, 0) is 26.0 Å². The molecule has 0 heterocycles. The molecule has 0 aliphatic heterocycles. The number of nitrogens with zero attached hydrogens (tertiary/aromatic N) is 2. The lowest BCUT2D eigenvalue weighted by atomic mass is 10.0. The van der Waals surface area contributed by atoms with E-state index < -0.39 is 11.4 Å². The lowest BCUT2D eigenvalue weighted by Gasteiger charge is -2.18. The summed E-state index contributed by atoms with van der Waals surface area (Å²) in [5, 5.41) is 20.3. The molecular formula is C12H11ClN4O. The molecule has 1 aromatic carbocycles. The quantitative estimate of drug-likeness (QED) is 0.794. The first kappa shape index (κ1) is 13.8. The highest BCUT2D eigenvalue weighted by atomic mass is 35.5. The van der Waals surface area contributed by atoms with E-state index in [1.54, 1.807) is 13.8 Å². The number of nitriles is 2. The molecule has 6 heteroatoms. The number of anilines is 1. The third kappa shape index (κ3) is 2.91. The van der Waals surface area contributed by atoms with Crippen LogP contribution in [0.15, 0.2) is 12.1 Å². The maximum Gasteiger partial charge on any atom is 0.254 e. The van der Waals surface area contributed by atoms with E-state index in [0.717, 1.165) is 0 Å². The van der Waals surface area contributed by atoms with Gasteiger partial charge < -0.3 is 11.1 Å². The Labute approximate surface area is 110 Å². The summed E-state index contributed by atoms with van der Waals surface area (Å²) >= 11 is 5.83. The third-order valence-electron chi connectivity index (χ3n) is 2.21. The molecule has 0 saturated carbocycles. The average molecular weight is 263 g/mol. The van der Waals surface area contributed by atoms with Crippen LogP contribution in [-0.2, 0) is 0 Å². The van der Waals surface area contributed by atoms with Crippen molar-refractivity contribution in [2.24, 2.45) is 0 Å². The second-order valence-corrected chi connectivity index (χ2v) is 4.63. The Kier molecular flexibility index (Phi) is 3.80. The van der Waals surface area contributed by atoms with Crippen LogP contribution in [0.3, 0.4) is 0 Å². The highest BCUT2D eigenvalue weighted by Gasteiger charge is 2.22. The van der Waals surface area contributed by atoms with Crippen molar-refractivity contribution < 1.29 is 4.79 Å². The highest BCUT2D eigenvalue weighted by molar-refractivity contribution is 6.34. The van der Waals surface area contributed by atoms with Gasteiger partial charge in [-0.3, -0.25) is 4.79 Å². The number of rotatable bonds is 2. The number of nitrogen functional groups attached to an aromatic ring is 1. The molecule has 0 saturated heterocycles. The number of hydrogen-bond donors (Lipinski definition) is 2. The molecule has 18 heavy (non-hydrogen) atoms. The molecule has 0 fully saturated rings. The Morgan fingerprint density at radius 1 is 1.44 bits per heavy atom. The molecule has 92 valence electrons. The second kappa shape index (κ2) is 4.95. The van der Waals surface area contributed by atoms with Crippen molar-refractivity contribution in [3.8, 4) is 12.1 Å². The van der Waals surface area contributed by atoms with Gasteiger partial charge in [-0.15, -0.1) is 0 Å². The highest BCUT2D eigenvalue weighted by Crippen LogP contribution is 2.25. The SMILES string of the molecule is CC(C)(C#N)NC(=O)c1cc(C#N)cc(Cl)c1N. The van der Waals surface area contributed by atoms with Crippen LogP contribution in [0.2, 0.25) is 5.02 Å². The fourth-order valence-corrected chi connectivity index (χ4v) is 1.47. The maximum atomic E-state index is 12.0. The lowest BCUT2D eigenvalue weighted by molar-refractivity contribution is 0.0930. The number of carbonyl (C=O) groups excluding carboxylic acids is 1. The van der Waals surface area contributed by atoms with E-state index in [2.05, 4.69) is 5.32 Å². The van der Waals surface area contributed by atoms with E-state index in [9.17, 15) is 4.79 Å². The Balaban J connectivity index is 3.19. The normalized spacial score (nSPS) is 10.3. The summed E-state index contributed by atoms with van der Waals surface area (Å²) in [6.07, 6.45) is 0. The van der Waals surface area contributed by atoms with Crippen LogP contribution in [0.5, 0.6) is 0 Å². The second-order valence-electron chi connectivity index (χ2n) is 4.22. The number of amides is 1. The van der Waals surface area contributed by atoms with E-state index in [4.69, 9.17) is 27.9 Å². The number of halogens is 1. The zero-order valence-corrected chi connectivity index (χ0v) is 10.7. The van der Waals surface area contributed by atoms with Crippen LogP contribution >= 0.6 is 11.6 Å². The smallest absolute Gasteiger partial charge is 0.254 e. The molecule has 0 radical (unpaired) electrons. The molecule has 0 spiro atoms. The van der Waals surface area contributed by atoms with Gasteiger partial charge in [0, 0.05) is 0 Å². The number of benzene rings is 1. The van der Waals surface area contributed by atoms with E-state index in [1.807, 2.05) is 12.1 Å². The number of hydrogen-bond acceptors (Lipinski definition) is 4. The molecule has 1 amide bonds. The number of nitrogens with two attached hydrogens (primary N) is 1. The van der Waals surface area contributed by atoms with E-state index in [0.29, 0.717) is 0 Å². The fourth-order valence-electron chi connectivity index (χ4n) is 1.25. The van der Waals surface area contributed by atoms with Gasteiger partial charge in [-0.1, -0.05) is 11.6 Å². The minimum Gasteiger partial charge on any atom is -0.397 e. The first-order valence-electron chi connectivity index (χ1n) is 5.03. The number of carbonyl (C=O) groups is 1. The number of nitrogens with one attached hydrogen (secondary N) is 1. The molecule has 1 rings (SSSR count). The summed E-state index contributed by atoms with van der Waals surface area (Å²) in [6.45, 7) is 3.10. The van der Waals surface area contributed by atoms with Crippen molar-refractivity contribution in [2.45, 2.75) is 19.4 Å². The molecule has 0 bridgehead atoms. The topological polar surface area (TPSA) is 103 Å². The zero-order chi connectivity index (χ0) is 13.9. The first-order chi connectivity index (χ1) is 8.30. The minimum atomic E-state index is -1.03. The van der Waals surface area contributed by atoms with Gasteiger partial charge in [0.1, 0.15) is 5.54 Å². The molecule has 0 unspecified atom stereocenters. The van der Waals surface area contributed by atoms with Gasteiger partial charge in [0.25, 0.3) is 5.91 Å². The molecule has 0 atom stereocenters. The van der Waals surface area contributed by atoms with Gasteiger partial charge in [0.05, 0.1) is 34.0 Å². The standard InChI is InChI=1S/C12H11ClN4O/c1-12(2,6-15)17-11(18)8-3-7(5-14)4-9(13)10(8)16/h3-4H,16H2,1-2H3,(H,17,18). The lowest BCUT2D eigenvalue weighted by Crippen LogP contribution is -2.42. The molecular weight excluding hydrogens is 252 g/mol. The summed E-state index contributed by atoms with van der Waals surface area (Å²) in [4.78, 5) is 12.0. The van der Waals surface area contributed by atoms with Crippen LogP contribution in [-0.4, -0.2) is 11.4 Å². The van der Waals surface area contributed by atoms with Gasteiger partial charge in [-0.2, -0.15) is 10.5 Å². The largest absolute Gasteiger partial charge is 0.397 e. The molecule has 3 N–H and O–H groups in total. The van der Waals surface area contributed by atoms with Crippen molar-refractivity contribution in [2.75, 3.05) is 5.73 Å². The van der Waals surface area contributed by atoms with Crippen molar-refractivity contribution >= 4 is 23.2 Å². The van der Waals surface area contributed by atoms with Crippen LogP contribution in [0.25, 0.3) is 0 Å². The van der Waals surface area contributed by atoms with Crippen molar-refractivity contribution in [3.63, 3.8) is 0 Å². The molecule has 5 nitrogen and oxygen atoms in total. The van der Waals surface area contributed by atoms with Gasteiger partial charge in [0.2, 0.25) is 0 Å². The maximum absolute atomic E-state index is 12.0. The van der Waals surface area contributed by atoms with Crippen LogP contribution < -0.4 is 11.1 Å². The summed E-state index contributed by atoms with van der Waals surface area (Å²) in [5.74, 6) is -0.543. The van der Waals surface area contributed by atoms with Gasteiger partial charge in [-0.25, -0.2) is 0 Å². The van der Waals surface area contributed by atoms with E-state index >= 15 is 0 Å². The summed E-state index contributed by atoms with van der Waals surface area (Å²) in [6, 6.07) is 6.53. The van der Waals surface area contributed by atoms with Gasteiger partial charge in [0.15, 0.2) is 0 Å². The van der Waals surface area contributed by atoms with Crippen LogP contribution in [0, 0.1) is 22.7 Å². The zero-order valence-electron chi connectivity index (χ0n) is 9.91. The Morgan fingerprint density at radius 3 is 2.56 bits per heavy atom. The predicted molar refractivity (Wildman–Crippen MR) is 67.7 cm³/mol. The third-order valence-corrected chi connectivity index (χ3v) is 2.52. The Hall–Kier alpha value is -2.24.